The van der Waals surface area contributed by atoms with Gasteiger partial charge in [-0.1, -0.05) is 44.4 Å². The van der Waals surface area contributed by atoms with Gasteiger partial charge in [-0.15, -0.1) is 0 Å². The van der Waals surface area contributed by atoms with E-state index in [1.807, 2.05) is 18.2 Å². The van der Waals surface area contributed by atoms with E-state index in [1.165, 1.54) is 19.8 Å². The van der Waals surface area contributed by atoms with E-state index in [0.29, 0.717) is 12.1 Å². The first kappa shape index (κ1) is 15.4. The average molecular weight is 261 g/mol. The topological polar surface area (TPSA) is 37.4 Å². The fourth-order valence-electron chi connectivity index (χ4n) is 2.01. The molecule has 0 saturated heterocycles. The molecular weight excluding hydrogens is 238 g/mol. The number of hydrogen-bond acceptors (Lipinski definition) is 2. The molecule has 0 saturated carbocycles. The molecule has 0 aliphatic rings. The number of carbonyl (C=O) groups excluding carboxylic acids is 2. The van der Waals surface area contributed by atoms with Gasteiger partial charge in [-0.3, -0.25) is 9.59 Å². The predicted octanol–water partition coefficient (Wildman–Crippen LogP) is 3.30. The Bertz CT molecular complexity index is 400. The van der Waals surface area contributed by atoms with Crippen molar-refractivity contribution in [2.24, 2.45) is 0 Å². The van der Waals surface area contributed by atoms with Crippen LogP contribution in [-0.2, 0) is 4.79 Å². The highest BCUT2D eigenvalue weighted by atomic mass is 16.2. The molecule has 3 heteroatoms. The van der Waals surface area contributed by atoms with Gasteiger partial charge < -0.3 is 4.90 Å². The van der Waals surface area contributed by atoms with Gasteiger partial charge in [0.25, 0.3) is 5.91 Å². The van der Waals surface area contributed by atoms with Gasteiger partial charge in [0.15, 0.2) is 0 Å². The molecule has 1 rings (SSSR count). The molecule has 0 atom stereocenters. The molecule has 0 bridgehead atoms. The van der Waals surface area contributed by atoms with Crippen LogP contribution in [0.15, 0.2) is 30.3 Å². The summed E-state index contributed by atoms with van der Waals surface area (Å²) in [5.74, 6) is -0.0212. The van der Waals surface area contributed by atoms with Gasteiger partial charge in [0.1, 0.15) is 5.78 Å². The van der Waals surface area contributed by atoms with Crippen molar-refractivity contribution in [2.75, 3.05) is 13.1 Å². The van der Waals surface area contributed by atoms with Gasteiger partial charge in [-0.2, -0.15) is 0 Å². The van der Waals surface area contributed by atoms with Gasteiger partial charge in [0, 0.05) is 12.1 Å². The second-order valence-electron chi connectivity index (χ2n) is 4.86. The van der Waals surface area contributed by atoms with Crippen molar-refractivity contribution >= 4 is 11.7 Å². The zero-order valence-corrected chi connectivity index (χ0v) is 11.9. The summed E-state index contributed by atoms with van der Waals surface area (Å²) < 4.78 is 0. The first-order chi connectivity index (χ1) is 9.15. The van der Waals surface area contributed by atoms with E-state index in [2.05, 4.69) is 6.92 Å². The Morgan fingerprint density at radius 3 is 2.32 bits per heavy atom. The number of carbonyl (C=O) groups is 2. The monoisotopic (exact) mass is 261 g/mol. The molecule has 0 N–H and O–H groups in total. The predicted molar refractivity (Wildman–Crippen MR) is 77.2 cm³/mol. The maximum absolute atomic E-state index is 12.3. The number of Topliss-reactive ketones (excluding diaryl/α,β-unsaturated/α-hetero) is 1. The van der Waals surface area contributed by atoms with Crippen molar-refractivity contribution < 1.29 is 9.59 Å². The van der Waals surface area contributed by atoms with Crippen LogP contribution in [0.4, 0.5) is 0 Å². The van der Waals surface area contributed by atoms with Crippen molar-refractivity contribution in [3.8, 4) is 0 Å². The Labute approximate surface area is 115 Å². The molecule has 0 radical (unpaired) electrons. The summed E-state index contributed by atoms with van der Waals surface area (Å²) in [6.45, 7) is 4.55. The minimum atomic E-state index is -0.0488. The summed E-state index contributed by atoms with van der Waals surface area (Å²) in [5.41, 5.74) is 0.652. The molecule has 0 aromatic heterocycles. The van der Waals surface area contributed by atoms with E-state index in [4.69, 9.17) is 0 Å². The molecule has 0 spiro atoms. The normalized spacial score (nSPS) is 10.2. The molecule has 1 aromatic carbocycles. The van der Waals surface area contributed by atoms with Crippen LogP contribution in [-0.4, -0.2) is 29.7 Å². The second-order valence-corrected chi connectivity index (χ2v) is 4.86. The lowest BCUT2D eigenvalue weighted by molar-refractivity contribution is -0.117. The Morgan fingerprint density at radius 1 is 1.05 bits per heavy atom. The molecule has 0 heterocycles. The first-order valence-corrected chi connectivity index (χ1v) is 6.99. The van der Waals surface area contributed by atoms with Crippen molar-refractivity contribution in [1.82, 2.24) is 4.90 Å². The number of amides is 1. The minimum absolute atomic E-state index is 0.0276. The van der Waals surface area contributed by atoms with Gasteiger partial charge in [-0.25, -0.2) is 0 Å². The number of hydrogen-bond donors (Lipinski definition) is 0. The van der Waals surface area contributed by atoms with E-state index in [1.54, 1.807) is 17.0 Å². The van der Waals surface area contributed by atoms with Crippen LogP contribution in [0, 0.1) is 0 Å². The third kappa shape index (κ3) is 5.69. The summed E-state index contributed by atoms with van der Waals surface area (Å²) >= 11 is 0. The standard InChI is InChI=1S/C16H23NO2/c1-3-4-5-9-12-17(13-14(2)18)16(19)15-10-7-6-8-11-15/h6-8,10-11H,3-5,9,12-13H2,1-2H3. The summed E-state index contributed by atoms with van der Waals surface area (Å²) in [6.07, 6.45) is 4.40. The second kappa shape index (κ2) is 8.46. The average Bonchev–Trinajstić information content (AvgIpc) is 2.42. The maximum Gasteiger partial charge on any atom is 0.254 e. The molecule has 1 amide bonds. The molecule has 0 unspecified atom stereocenters. The minimum Gasteiger partial charge on any atom is -0.331 e. The maximum atomic E-state index is 12.3. The van der Waals surface area contributed by atoms with Crippen molar-refractivity contribution in [1.29, 1.82) is 0 Å². The van der Waals surface area contributed by atoms with Gasteiger partial charge in [-0.05, 0) is 25.5 Å². The Morgan fingerprint density at radius 2 is 1.74 bits per heavy atom. The molecule has 0 fully saturated rings. The summed E-state index contributed by atoms with van der Waals surface area (Å²) in [4.78, 5) is 25.3. The lowest BCUT2D eigenvalue weighted by atomic mass is 10.1. The largest absolute Gasteiger partial charge is 0.331 e. The third-order valence-corrected chi connectivity index (χ3v) is 3.00. The fraction of sp³-hybridized carbons (Fsp3) is 0.500. The number of unbranched alkanes of at least 4 members (excludes halogenated alkanes) is 3. The van der Waals surface area contributed by atoms with Crippen LogP contribution in [0.3, 0.4) is 0 Å². The van der Waals surface area contributed by atoms with E-state index in [-0.39, 0.29) is 18.2 Å². The zero-order chi connectivity index (χ0) is 14.1. The van der Waals surface area contributed by atoms with E-state index in [0.717, 1.165) is 12.8 Å². The number of benzene rings is 1. The van der Waals surface area contributed by atoms with Crippen LogP contribution < -0.4 is 0 Å². The summed E-state index contributed by atoms with van der Waals surface area (Å²) in [7, 11) is 0. The van der Waals surface area contributed by atoms with Crippen LogP contribution in [0.25, 0.3) is 0 Å². The Hall–Kier alpha value is -1.64. The van der Waals surface area contributed by atoms with Crippen LogP contribution >= 0.6 is 0 Å². The van der Waals surface area contributed by atoms with Crippen molar-refractivity contribution in [3.05, 3.63) is 35.9 Å². The SMILES string of the molecule is CCCCCCN(CC(C)=O)C(=O)c1ccccc1. The number of ketones is 1. The number of rotatable bonds is 8. The third-order valence-electron chi connectivity index (χ3n) is 3.00. The van der Waals surface area contributed by atoms with Crippen LogP contribution in [0.2, 0.25) is 0 Å². The Balaban J connectivity index is 2.62. The van der Waals surface area contributed by atoms with E-state index < -0.39 is 0 Å². The first-order valence-electron chi connectivity index (χ1n) is 6.99. The van der Waals surface area contributed by atoms with Crippen LogP contribution in [0.1, 0.15) is 49.9 Å². The quantitative estimate of drug-likeness (QED) is 0.673. The fourth-order valence-corrected chi connectivity index (χ4v) is 2.01. The van der Waals surface area contributed by atoms with E-state index >= 15 is 0 Å². The molecule has 1 aromatic rings. The van der Waals surface area contributed by atoms with Gasteiger partial charge in [0.05, 0.1) is 6.54 Å². The molecule has 104 valence electrons. The lowest BCUT2D eigenvalue weighted by Crippen LogP contribution is -2.35. The summed E-state index contributed by atoms with van der Waals surface area (Å²) in [6, 6.07) is 9.16. The zero-order valence-electron chi connectivity index (χ0n) is 11.9. The molecule has 3 nitrogen and oxygen atoms in total. The highest BCUT2D eigenvalue weighted by molar-refractivity contribution is 5.96. The molecule has 19 heavy (non-hydrogen) atoms. The van der Waals surface area contributed by atoms with Gasteiger partial charge >= 0.3 is 0 Å². The van der Waals surface area contributed by atoms with Crippen LogP contribution in [0.5, 0.6) is 0 Å². The highest BCUT2D eigenvalue weighted by Crippen LogP contribution is 2.07. The van der Waals surface area contributed by atoms with Gasteiger partial charge in [0.2, 0.25) is 0 Å². The Kier molecular flexibility index (Phi) is 6.86. The summed E-state index contributed by atoms with van der Waals surface area (Å²) in [5, 5.41) is 0. The van der Waals surface area contributed by atoms with Crippen molar-refractivity contribution in [2.45, 2.75) is 39.5 Å². The molecule has 0 aliphatic carbocycles. The highest BCUT2D eigenvalue weighted by Gasteiger charge is 2.16. The number of nitrogens with zero attached hydrogens (tertiary/aromatic N) is 1. The molecular formula is C16H23NO2. The smallest absolute Gasteiger partial charge is 0.254 e. The van der Waals surface area contributed by atoms with E-state index in [9.17, 15) is 9.59 Å². The van der Waals surface area contributed by atoms with Crippen molar-refractivity contribution in [3.63, 3.8) is 0 Å². The lowest BCUT2D eigenvalue weighted by Gasteiger charge is -2.21. The molecule has 0 aliphatic heterocycles.